The van der Waals surface area contributed by atoms with Gasteiger partial charge in [0.2, 0.25) is 17.7 Å². The highest BCUT2D eigenvalue weighted by molar-refractivity contribution is 7.99. The van der Waals surface area contributed by atoms with Crippen molar-refractivity contribution in [1.82, 2.24) is 20.4 Å². The minimum absolute atomic E-state index is 0.0420. The third-order valence-corrected chi connectivity index (χ3v) is 3.10. The fraction of sp³-hybridized carbons (Fsp3) is 0.444. The molecular weight excluding hydrogens is 274 g/mol. The Kier molecular flexibility index (Phi) is 4.00. The van der Waals surface area contributed by atoms with Crippen molar-refractivity contribution < 1.29 is 18.8 Å². The van der Waals surface area contributed by atoms with Crippen LogP contribution in [0.3, 0.4) is 0 Å². The van der Waals surface area contributed by atoms with Gasteiger partial charge in [0.1, 0.15) is 6.54 Å². The van der Waals surface area contributed by atoms with Crippen molar-refractivity contribution in [3.8, 4) is 0 Å². The van der Waals surface area contributed by atoms with Crippen molar-refractivity contribution in [2.75, 3.05) is 12.3 Å². The minimum Gasteiger partial charge on any atom is -0.414 e. The standard InChI is InChI=1S/C9H11N5O4S/c10-5(15)4-19-9-13-12-7(18-9)3-14-2-1-6(16)11-8(14)17/h1-4H2,(H2,10,15)(H,11,16,17). The van der Waals surface area contributed by atoms with E-state index in [1.807, 2.05) is 0 Å². The Morgan fingerprint density at radius 2 is 2.26 bits per heavy atom. The van der Waals surface area contributed by atoms with Crippen LogP contribution in [0.4, 0.5) is 4.79 Å². The molecule has 1 aliphatic rings. The number of carbonyl (C=O) groups excluding carboxylic acids is 3. The lowest BCUT2D eigenvalue weighted by Crippen LogP contribution is -2.48. The molecule has 10 heteroatoms. The highest BCUT2D eigenvalue weighted by atomic mass is 32.2. The van der Waals surface area contributed by atoms with Gasteiger partial charge in [-0.3, -0.25) is 14.9 Å². The Balaban J connectivity index is 1.90. The summed E-state index contributed by atoms with van der Waals surface area (Å²) in [5.41, 5.74) is 4.99. The molecule has 0 spiro atoms. The molecule has 1 aliphatic heterocycles. The average Bonchev–Trinajstić information content (AvgIpc) is 2.78. The first-order valence-corrected chi connectivity index (χ1v) is 6.35. The van der Waals surface area contributed by atoms with Gasteiger partial charge in [-0.15, -0.1) is 10.2 Å². The topological polar surface area (TPSA) is 131 Å². The van der Waals surface area contributed by atoms with Crippen LogP contribution in [0.15, 0.2) is 9.64 Å². The number of hydrogen-bond donors (Lipinski definition) is 2. The lowest BCUT2D eigenvalue weighted by Gasteiger charge is -2.24. The van der Waals surface area contributed by atoms with Crippen LogP contribution in [-0.4, -0.2) is 45.2 Å². The third kappa shape index (κ3) is 3.68. The van der Waals surface area contributed by atoms with Gasteiger partial charge in [0.25, 0.3) is 5.22 Å². The zero-order chi connectivity index (χ0) is 13.8. The number of urea groups is 1. The van der Waals surface area contributed by atoms with E-state index >= 15 is 0 Å². The first-order chi connectivity index (χ1) is 9.04. The second-order valence-corrected chi connectivity index (χ2v) is 4.67. The van der Waals surface area contributed by atoms with E-state index < -0.39 is 11.9 Å². The molecule has 1 aromatic rings. The summed E-state index contributed by atoms with van der Waals surface area (Å²) >= 11 is 1.02. The van der Waals surface area contributed by atoms with E-state index in [-0.39, 0.29) is 35.7 Å². The fourth-order valence-electron chi connectivity index (χ4n) is 1.41. The molecule has 0 bridgehead atoms. The smallest absolute Gasteiger partial charge is 0.324 e. The first kappa shape index (κ1) is 13.3. The maximum absolute atomic E-state index is 11.5. The van der Waals surface area contributed by atoms with Crippen molar-refractivity contribution in [2.24, 2.45) is 5.73 Å². The van der Waals surface area contributed by atoms with E-state index in [9.17, 15) is 14.4 Å². The molecule has 1 saturated heterocycles. The van der Waals surface area contributed by atoms with Gasteiger partial charge in [0.15, 0.2) is 0 Å². The van der Waals surface area contributed by atoms with Gasteiger partial charge >= 0.3 is 6.03 Å². The molecule has 2 heterocycles. The van der Waals surface area contributed by atoms with Crippen molar-refractivity contribution >= 4 is 29.6 Å². The number of nitrogens with one attached hydrogen (secondary N) is 1. The van der Waals surface area contributed by atoms with Crippen LogP contribution in [-0.2, 0) is 16.1 Å². The zero-order valence-corrected chi connectivity index (χ0v) is 10.6. The van der Waals surface area contributed by atoms with Gasteiger partial charge in [-0.05, 0) is 0 Å². The molecule has 102 valence electrons. The summed E-state index contributed by atoms with van der Waals surface area (Å²) in [6.45, 7) is 0.417. The van der Waals surface area contributed by atoms with Gasteiger partial charge in [-0.1, -0.05) is 11.8 Å². The summed E-state index contributed by atoms with van der Waals surface area (Å²) in [7, 11) is 0. The number of rotatable bonds is 5. The molecular formula is C9H11N5O4S. The predicted molar refractivity (Wildman–Crippen MR) is 62.8 cm³/mol. The van der Waals surface area contributed by atoms with Crippen LogP contribution in [0, 0.1) is 0 Å². The van der Waals surface area contributed by atoms with Crippen molar-refractivity contribution in [3.63, 3.8) is 0 Å². The van der Waals surface area contributed by atoms with Gasteiger partial charge in [0, 0.05) is 13.0 Å². The Hall–Kier alpha value is -2.10. The molecule has 9 nitrogen and oxygen atoms in total. The predicted octanol–water partition coefficient (Wildman–Crippen LogP) is -0.911. The van der Waals surface area contributed by atoms with E-state index in [0.29, 0.717) is 6.54 Å². The molecule has 2 rings (SSSR count). The molecule has 3 N–H and O–H groups in total. The van der Waals surface area contributed by atoms with E-state index in [2.05, 4.69) is 15.5 Å². The number of primary amides is 1. The van der Waals surface area contributed by atoms with Crippen molar-refractivity contribution in [3.05, 3.63) is 5.89 Å². The minimum atomic E-state index is -0.487. The lowest BCUT2D eigenvalue weighted by molar-refractivity contribution is -0.121. The molecule has 1 aromatic heterocycles. The monoisotopic (exact) mass is 285 g/mol. The van der Waals surface area contributed by atoms with E-state index in [1.54, 1.807) is 0 Å². The van der Waals surface area contributed by atoms with Gasteiger partial charge in [-0.25, -0.2) is 4.79 Å². The summed E-state index contributed by atoms with van der Waals surface area (Å²) in [4.78, 5) is 34.4. The van der Waals surface area contributed by atoms with E-state index in [4.69, 9.17) is 10.2 Å². The van der Waals surface area contributed by atoms with Crippen LogP contribution < -0.4 is 11.1 Å². The van der Waals surface area contributed by atoms with Gasteiger partial charge < -0.3 is 15.1 Å². The SMILES string of the molecule is NC(=O)CSc1nnc(CN2CCC(=O)NC2=O)o1. The quantitative estimate of drug-likeness (QED) is 0.669. The molecule has 1 fully saturated rings. The number of nitrogens with zero attached hydrogens (tertiary/aromatic N) is 3. The highest BCUT2D eigenvalue weighted by Crippen LogP contribution is 2.16. The molecule has 0 unspecified atom stereocenters. The van der Waals surface area contributed by atoms with Crippen LogP contribution in [0.1, 0.15) is 12.3 Å². The van der Waals surface area contributed by atoms with Gasteiger partial charge in [-0.2, -0.15) is 0 Å². The van der Waals surface area contributed by atoms with Crippen molar-refractivity contribution in [1.29, 1.82) is 0 Å². The molecule has 0 radical (unpaired) electrons. The van der Waals surface area contributed by atoms with Gasteiger partial charge in [0.05, 0.1) is 5.75 Å². The Labute approximate surface area is 111 Å². The fourth-order valence-corrected chi connectivity index (χ4v) is 1.93. The van der Waals surface area contributed by atoms with Crippen molar-refractivity contribution in [2.45, 2.75) is 18.2 Å². The van der Waals surface area contributed by atoms with Crippen LogP contribution in [0.25, 0.3) is 0 Å². The average molecular weight is 285 g/mol. The molecule has 4 amide bonds. The third-order valence-electron chi connectivity index (χ3n) is 2.25. The Bertz CT molecular complexity index is 516. The molecule has 0 atom stereocenters. The highest BCUT2D eigenvalue weighted by Gasteiger charge is 2.24. The number of amides is 4. The Morgan fingerprint density at radius 1 is 1.47 bits per heavy atom. The van der Waals surface area contributed by atoms with Crippen LogP contribution in [0.2, 0.25) is 0 Å². The largest absolute Gasteiger partial charge is 0.414 e. The lowest BCUT2D eigenvalue weighted by atomic mass is 10.3. The van der Waals surface area contributed by atoms with Crippen LogP contribution >= 0.6 is 11.8 Å². The summed E-state index contributed by atoms with van der Waals surface area (Å²) < 4.78 is 5.24. The normalized spacial score (nSPS) is 15.5. The maximum Gasteiger partial charge on any atom is 0.324 e. The van der Waals surface area contributed by atoms with E-state index in [0.717, 1.165) is 11.8 Å². The molecule has 0 saturated carbocycles. The summed E-state index contributed by atoms with van der Waals surface area (Å²) in [5, 5.41) is 9.85. The number of thioether (sulfide) groups is 1. The number of imide groups is 1. The summed E-state index contributed by atoms with van der Waals surface area (Å²) in [5.74, 6) is -0.514. The zero-order valence-electron chi connectivity index (χ0n) is 9.79. The first-order valence-electron chi connectivity index (χ1n) is 5.37. The van der Waals surface area contributed by atoms with Crippen LogP contribution in [0.5, 0.6) is 0 Å². The molecule has 19 heavy (non-hydrogen) atoms. The maximum atomic E-state index is 11.5. The second-order valence-electron chi connectivity index (χ2n) is 3.74. The number of hydrogen-bond acceptors (Lipinski definition) is 7. The number of carbonyl (C=O) groups is 3. The summed E-state index contributed by atoms with van der Waals surface area (Å²) in [6.07, 6.45) is 0.239. The summed E-state index contributed by atoms with van der Waals surface area (Å²) in [6, 6.07) is -0.485. The van der Waals surface area contributed by atoms with E-state index in [1.165, 1.54) is 4.90 Å². The second kappa shape index (κ2) is 5.69. The number of nitrogens with two attached hydrogens (primary N) is 1. The molecule has 0 aliphatic carbocycles. The molecule has 0 aromatic carbocycles. The number of aromatic nitrogens is 2. The Morgan fingerprint density at radius 3 is 2.95 bits per heavy atom.